The molecule has 0 saturated carbocycles. The molecule has 0 fully saturated rings. The zero-order valence-corrected chi connectivity index (χ0v) is 18.6. The highest BCUT2D eigenvalue weighted by atomic mass is 32.2. The van der Waals surface area contributed by atoms with E-state index in [-0.39, 0.29) is 23.5 Å². The maximum Gasteiger partial charge on any atom is 0.262 e. The van der Waals surface area contributed by atoms with Crippen LogP contribution in [0.5, 0.6) is 5.75 Å². The highest BCUT2D eigenvalue weighted by Crippen LogP contribution is 2.20. The molecule has 3 aromatic carbocycles. The molecule has 0 unspecified atom stereocenters. The summed E-state index contributed by atoms with van der Waals surface area (Å²) in [5.41, 5.74) is 3.63. The summed E-state index contributed by atoms with van der Waals surface area (Å²) in [6.07, 6.45) is 0. The number of benzene rings is 3. The SMILES string of the molecule is Cc1ccc(C)c(NC(=O)COc2ccc(S(=O)(=O)N[C@H](C)c3ccccc3)cc2)c1. The third-order valence-corrected chi connectivity index (χ3v) is 6.36. The van der Waals surface area contributed by atoms with E-state index >= 15 is 0 Å². The third-order valence-electron chi connectivity index (χ3n) is 4.80. The molecule has 0 spiro atoms. The summed E-state index contributed by atoms with van der Waals surface area (Å²) in [6, 6.07) is 20.8. The standard InChI is InChI=1S/C24H26N2O4S/c1-17-9-10-18(2)23(15-17)25-24(27)16-30-21-11-13-22(14-12-21)31(28,29)26-19(3)20-7-5-4-6-8-20/h4-15,19,26H,16H2,1-3H3,(H,25,27)/t19-/m1/s1. The first-order valence-electron chi connectivity index (χ1n) is 9.92. The minimum absolute atomic E-state index is 0.127. The van der Waals surface area contributed by atoms with Crippen LogP contribution in [0, 0.1) is 13.8 Å². The molecule has 2 N–H and O–H groups in total. The monoisotopic (exact) mass is 438 g/mol. The van der Waals surface area contributed by atoms with Crippen molar-refractivity contribution in [2.24, 2.45) is 0 Å². The molecule has 0 aliphatic rings. The number of nitrogens with one attached hydrogen (secondary N) is 2. The number of carbonyl (C=O) groups is 1. The van der Waals surface area contributed by atoms with Gasteiger partial charge in [0.25, 0.3) is 5.91 Å². The first-order chi connectivity index (χ1) is 14.7. The second kappa shape index (κ2) is 9.76. The van der Waals surface area contributed by atoms with Gasteiger partial charge in [-0.25, -0.2) is 13.1 Å². The molecular formula is C24H26N2O4S. The van der Waals surface area contributed by atoms with E-state index in [4.69, 9.17) is 4.74 Å². The lowest BCUT2D eigenvalue weighted by molar-refractivity contribution is -0.118. The highest BCUT2D eigenvalue weighted by molar-refractivity contribution is 7.89. The Morgan fingerprint density at radius 3 is 2.32 bits per heavy atom. The smallest absolute Gasteiger partial charge is 0.262 e. The van der Waals surface area contributed by atoms with E-state index in [0.29, 0.717) is 5.75 Å². The largest absolute Gasteiger partial charge is 0.484 e. The zero-order valence-electron chi connectivity index (χ0n) is 17.8. The first-order valence-corrected chi connectivity index (χ1v) is 11.4. The van der Waals surface area contributed by atoms with E-state index in [1.54, 1.807) is 6.92 Å². The lowest BCUT2D eigenvalue weighted by Crippen LogP contribution is -2.26. The first kappa shape index (κ1) is 22.5. The molecule has 3 rings (SSSR count). The topological polar surface area (TPSA) is 84.5 Å². The van der Waals surface area contributed by atoms with Gasteiger partial charge in [0.1, 0.15) is 5.75 Å². The summed E-state index contributed by atoms with van der Waals surface area (Å²) in [7, 11) is -3.69. The van der Waals surface area contributed by atoms with Gasteiger partial charge < -0.3 is 10.1 Å². The molecule has 0 bridgehead atoms. The Morgan fingerprint density at radius 2 is 1.65 bits per heavy atom. The van der Waals surface area contributed by atoms with Crippen LogP contribution in [-0.2, 0) is 14.8 Å². The van der Waals surface area contributed by atoms with Gasteiger partial charge in [0.15, 0.2) is 6.61 Å². The van der Waals surface area contributed by atoms with Crippen molar-refractivity contribution < 1.29 is 17.9 Å². The predicted octanol–water partition coefficient (Wildman–Crippen LogP) is 4.36. The number of hydrogen-bond donors (Lipinski definition) is 2. The van der Waals surface area contributed by atoms with Gasteiger partial charge >= 0.3 is 0 Å². The normalized spacial score (nSPS) is 12.2. The zero-order chi connectivity index (χ0) is 22.4. The summed E-state index contributed by atoms with van der Waals surface area (Å²) in [5.74, 6) is 0.120. The fourth-order valence-electron chi connectivity index (χ4n) is 3.03. The van der Waals surface area contributed by atoms with Gasteiger partial charge in [-0.1, -0.05) is 42.5 Å². The van der Waals surface area contributed by atoms with Crippen LogP contribution in [0.2, 0.25) is 0 Å². The van der Waals surface area contributed by atoms with E-state index in [9.17, 15) is 13.2 Å². The summed E-state index contributed by atoms with van der Waals surface area (Å²) < 4.78 is 33.4. The van der Waals surface area contributed by atoms with Crippen molar-refractivity contribution >= 4 is 21.6 Å². The van der Waals surface area contributed by atoms with Crippen molar-refractivity contribution in [3.63, 3.8) is 0 Å². The molecule has 6 nitrogen and oxygen atoms in total. The molecule has 1 amide bonds. The number of sulfonamides is 1. The number of anilines is 1. The Bertz CT molecular complexity index is 1140. The average molecular weight is 439 g/mol. The lowest BCUT2D eigenvalue weighted by atomic mass is 10.1. The van der Waals surface area contributed by atoms with E-state index in [2.05, 4.69) is 10.0 Å². The van der Waals surface area contributed by atoms with Crippen molar-refractivity contribution in [2.45, 2.75) is 31.7 Å². The quantitative estimate of drug-likeness (QED) is 0.547. The summed E-state index contributed by atoms with van der Waals surface area (Å²) >= 11 is 0. The van der Waals surface area contributed by atoms with E-state index in [1.807, 2.05) is 62.4 Å². The highest BCUT2D eigenvalue weighted by Gasteiger charge is 2.18. The van der Waals surface area contributed by atoms with Gasteiger partial charge in [0.2, 0.25) is 10.0 Å². The minimum atomic E-state index is -3.69. The maximum absolute atomic E-state index is 12.6. The Labute approximate surface area is 183 Å². The fourth-order valence-corrected chi connectivity index (χ4v) is 4.26. The van der Waals surface area contributed by atoms with Crippen LogP contribution in [0.15, 0.2) is 77.7 Å². The van der Waals surface area contributed by atoms with Crippen LogP contribution in [0.1, 0.15) is 29.7 Å². The van der Waals surface area contributed by atoms with E-state index in [1.165, 1.54) is 24.3 Å². The average Bonchev–Trinajstić information content (AvgIpc) is 2.75. The molecule has 0 aliphatic heterocycles. The Morgan fingerprint density at radius 1 is 0.968 bits per heavy atom. The molecule has 0 heterocycles. The van der Waals surface area contributed by atoms with Crippen LogP contribution >= 0.6 is 0 Å². The van der Waals surface area contributed by atoms with Crippen molar-refractivity contribution in [3.8, 4) is 5.75 Å². The minimum Gasteiger partial charge on any atom is -0.484 e. The van der Waals surface area contributed by atoms with Crippen LogP contribution in [0.4, 0.5) is 5.69 Å². The number of rotatable bonds is 8. The van der Waals surface area contributed by atoms with Gasteiger partial charge in [-0.3, -0.25) is 4.79 Å². The van der Waals surface area contributed by atoms with Gasteiger partial charge in [-0.05, 0) is 67.8 Å². The summed E-state index contributed by atoms with van der Waals surface area (Å²) in [6.45, 7) is 5.49. The van der Waals surface area contributed by atoms with Crippen molar-refractivity contribution in [1.82, 2.24) is 4.72 Å². The van der Waals surface area contributed by atoms with Crippen molar-refractivity contribution in [3.05, 3.63) is 89.5 Å². The Hall–Kier alpha value is -3.16. The number of aryl methyl sites for hydroxylation is 2. The van der Waals surface area contributed by atoms with Crippen LogP contribution in [0.25, 0.3) is 0 Å². The number of amides is 1. The van der Waals surface area contributed by atoms with Gasteiger partial charge in [0.05, 0.1) is 4.90 Å². The molecule has 0 aromatic heterocycles. The molecule has 0 radical (unpaired) electrons. The number of carbonyl (C=O) groups excluding carboxylic acids is 1. The predicted molar refractivity (Wildman–Crippen MR) is 122 cm³/mol. The van der Waals surface area contributed by atoms with Crippen LogP contribution in [0.3, 0.4) is 0 Å². The molecule has 3 aromatic rings. The van der Waals surface area contributed by atoms with Crippen LogP contribution < -0.4 is 14.8 Å². The van der Waals surface area contributed by atoms with Crippen molar-refractivity contribution in [1.29, 1.82) is 0 Å². The number of hydrogen-bond acceptors (Lipinski definition) is 4. The molecular weight excluding hydrogens is 412 g/mol. The Balaban J connectivity index is 1.58. The molecule has 31 heavy (non-hydrogen) atoms. The van der Waals surface area contributed by atoms with Gasteiger partial charge in [0, 0.05) is 11.7 Å². The maximum atomic E-state index is 12.6. The van der Waals surface area contributed by atoms with Crippen molar-refractivity contribution in [2.75, 3.05) is 11.9 Å². The Kier molecular flexibility index (Phi) is 7.09. The van der Waals surface area contributed by atoms with Crippen LogP contribution in [-0.4, -0.2) is 20.9 Å². The molecule has 1 atom stereocenters. The molecule has 7 heteroatoms. The van der Waals surface area contributed by atoms with E-state index in [0.717, 1.165) is 22.4 Å². The second-order valence-corrected chi connectivity index (χ2v) is 9.09. The summed E-state index contributed by atoms with van der Waals surface area (Å²) in [5, 5.41) is 2.82. The van der Waals surface area contributed by atoms with Gasteiger partial charge in [-0.15, -0.1) is 0 Å². The third kappa shape index (κ3) is 6.16. The second-order valence-electron chi connectivity index (χ2n) is 7.38. The molecule has 0 saturated heterocycles. The van der Waals surface area contributed by atoms with E-state index < -0.39 is 10.0 Å². The number of ether oxygens (including phenoxy) is 1. The molecule has 0 aliphatic carbocycles. The lowest BCUT2D eigenvalue weighted by Gasteiger charge is -2.15. The summed E-state index contributed by atoms with van der Waals surface area (Å²) in [4.78, 5) is 12.3. The fraction of sp³-hybridized carbons (Fsp3) is 0.208. The van der Waals surface area contributed by atoms with Gasteiger partial charge in [-0.2, -0.15) is 0 Å². The molecule has 162 valence electrons.